The van der Waals surface area contributed by atoms with Gasteiger partial charge in [-0.25, -0.2) is 9.82 Å². The molecule has 0 saturated heterocycles. The minimum Gasteiger partial charge on any atom is -0.376 e. The molecule has 0 unspecified atom stereocenters. The van der Waals surface area contributed by atoms with Crippen molar-refractivity contribution in [2.24, 2.45) is 5.10 Å². The minimum atomic E-state index is -0.287. The zero-order valence-corrected chi connectivity index (χ0v) is 13.8. The third kappa shape index (κ3) is 5.83. The van der Waals surface area contributed by atoms with Crippen LogP contribution in [0.25, 0.3) is 0 Å². The quantitative estimate of drug-likeness (QED) is 0.570. The molecule has 1 amide bonds. The number of para-hydroxylation sites is 1. The summed E-state index contributed by atoms with van der Waals surface area (Å²) >= 11 is 0. The van der Waals surface area contributed by atoms with Crippen molar-refractivity contribution >= 4 is 17.3 Å². The maximum atomic E-state index is 13.1. The maximum absolute atomic E-state index is 13.1. The molecule has 0 saturated carbocycles. The van der Waals surface area contributed by atoms with Gasteiger partial charge in [-0.2, -0.15) is 5.10 Å². The number of nitrogens with one attached hydrogen (secondary N) is 2. The van der Waals surface area contributed by atoms with E-state index in [1.807, 2.05) is 30.3 Å². The monoisotopic (exact) mass is 327 g/mol. The van der Waals surface area contributed by atoms with Gasteiger partial charge in [0.15, 0.2) is 0 Å². The number of hydrazone groups is 1. The van der Waals surface area contributed by atoms with Crippen LogP contribution in [0.4, 0.5) is 10.1 Å². The highest BCUT2D eigenvalue weighted by Crippen LogP contribution is 2.09. The smallest absolute Gasteiger partial charge is 0.259 e. The van der Waals surface area contributed by atoms with Crippen LogP contribution in [0.5, 0.6) is 0 Å². The molecule has 0 fully saturated rings. The lowest BCUT2D eigenvalue weighted by atomic mass is 10.1. The fourth-order valence-electron chi connectivity index (χ4n) is 2.16. The van der Waals surface area contributed by atoms with E-state index in [0.717, 1.165) is 36.2 Å². The van der Waals surface area contributed by atoms with E-state index in [9.17, 15) is 9.18 Å². The molecule has 0 aromatic heterocycles. The van der Waals surface area contributed by atoms with Gasteiger partial charge in [-0.3, -0.25) is 4.79 Å². The molecule has 0 spiro atoms. The van der Waals surface area contributed by atoms with Crippen LogP contribution in [0.2, 0.25) is 0 Å². The van der Waals surface area contributed by atoms with Crippen LogP contribution in [-0.4, -0.2) is 18.2 Å². The second-order valence-electron chi connectivity index (χ2n) is 5.42. The van der Waals surface area contributed by atoms with Crippen molar-refractivity contribution in [2.45, 2.75) is 26.2 Å². The number of benzene rings is 2. The van der Waals surface area contributed by atoms with Gasteiger partial charge >= 0.3 is 0 Å². The van der Waals surface area contributed by atoms with Gasteiger partial charge in [0.25, 0.3) is 5.91 Å². The molecule has 2 aromatic rings. The van der Waals surface area contributed by atoms with Crippen molar-refractivity contribution < 1.29 is 9.18 Å². The molecule has 0 bridgehead atoms. The molecule has 2 aromatic carbocycles. The van der Waals surface area contributed by atoms with Gasteiger partial charge in [0.2, 0.25) is 0 Å². The topological polar surface area (TPSA) is 53.5 Å². The molecule has 0 aliphatic carbocycles. The Hall–Kier alpha value is -2.69. The largest absolute Gasteiger partial charge is 0.376 e. The third-order valence-electron chi connectivity index (χ3n) is 3.49. The van der Waals surface area contributed by atoms with Gasteiger partial charge in [-0.05, 0) is 42.7 Å². The molecule has 0 aliphatic heterocycles. The van der Waals surface area contributed by atoms with Crippen LogP contribution in [0.15, 0.2) is 59.7 Å². The first-order valence-corrected chi connectivity index (χ1v) is 8.09. The molecule has 0 aliphatic rings. The highest BCUT2D eigenvalue weighted by molar-refractivity contribution is 6.01. The number of halogens is 1. The Balaban J connectivity index is 1.95. The van der Waals surface area contributed by atoms with Crippen LogP contribution >= 0.6 is 0 Å². The van der Waals surface area contributed by atoms with E-state index in [2.05, 4.69) is 22.8 Å². The Morgan fingerprint density at radius 3 is 2.46 bits per heavy atom. The number of hydrogen-bond acceptors (Lipinski definition) is 3. The predicted molar refractivity (Wildman–Crippen MR) is 95.5 cm³/mol. The number of carbonyl (C=O) groups excluding carboxylic acids is 1. The summed E-state index contributed by atoms with van der Waals surface area (Å²) in [5.41, 5.74) is 5.02. The van der Waals surface area contributed by atoms with Crippen LogP contribution in [-0.2, 0) is 4.79 Å². The molecule has 2 N–H and O–H groups in total. The zero-order valence-electron chi connectivity index (χ0n) is 13.8. The first-order chi connectivity index (χ1) is 11.7. The molecule has 126 valence electrons. The van der Waals surface area contributed by atoms with E-state index < -0.39 is 0 Å². The first kappa shape index (κ1) is 17.7. The van der Waals surface area contributed by atoms with Crippen molar-refractivity contribution in [2.75, 3.05) is 11.9 Å². The van der Waals surface area contributed by atoms with Crippen LogP contribution < -0.4 is 10.7 Å². The fraction of sp³-hybridized carbons (Fsp3) is 0.263. The van der Waals surface area contributed by atoms with E-state index in [1.165, 1.54) is 12.1 Å². The molecular weight excluding hydrogens is 305 g/mol. The van der Waals surface area contributed by atoms with Crippen molar-refractivity contribution in [3.05, 3.63) is 66.0 Å². The standard InChI is InChI=1S/C19H22FN3O/c1-2-3-9-18(15-10-12-16(20)13-11-15)22-23-19(24)14-21-17-7-5-4-6-8-17/h4-8,10-13,21H,2-3,9,14H2,1H3,(H,23,24)/b22-18-. The third-order valence-corrected chi connectivity index (χ3v) is 3.49. The highest BCUT2D eigenvalue weighted by Gasteiger charge is 2.06. The lowest BCUT2D eigenvalue weighted by molar-refractivity contribution is -0.119. The number of hydrogen-bond donors (Lipinski definition) is 2. The van der Waals surface area contributed by atoms with E-state index in [-0.39, 0.29) is 18.3 Å². The van der Waals surface area contributed by atoms with Crippen molar-refractivity contribution in [3.63, 3.8) is 0 Å². The Bertz CT molecular complexity index is 669. The zero-order chi connectivity index (χ0) is 17.2. The lowest BCUT2D eigenvalue weighted by Crippen LogP contribution is -2.27. The molecule has 0 radical (unpaired) electrons. The van der Waals surface area contributed by atoms with E-state index in [1.54, 1.807) is 12.1 Å². The van der Waals surface area contributed by atoms with Gasteiger partial charge in [-0.1, -0.05) is 43.7 Å². The number of nitrogens with zero attached hydrogens (tertiary/aromatic N) is 1. The highest BCUT2D eigenvalue weighted by atomic mass is 19.1. The molecule has 2 rings (SSSR count). The van der Waals surface area contributed by atoms with E-state index >= 15 is 0 Å². The van der Waals surface area contributed by atoms with Gasteiger partial charge in [0, 0.05) is 5.69 Å². The van der Waals surface area contributed by atoms with Gasteiger partial charge in [0.05, 0.1) is 12.3 Å². The lowest BCUT2D eigenvalue weighted by Gasteiger charge is -2.08. The Kier molecular flexibility index (Phi) is 6.95. The van der Waals surface area contributed by atoms with Gasteiger partial charge in [0.1, 0.15) is 5.82 Å². The maximum Gasteiger partial charge on any atom is 0.259 e. The summed E-state index contributed by atoms with van der Waals surface area (Å²) in [4.78, 5) is 11.9. The van der Waals surface area contributed by atoms with Crippen molar-refractivity contribution in [1.29, 1.82) is 0 Å². The van der Waals surface area contributed by atoms with Crippen molar-refractivity contribution in [1.82, 2.24) is 5.43 Å². The average molecular weight is 327 g/mol. The van der Waals surface area contributed by atoms with Crippen LogP contribution in [0.1, 0.15) is 31.7 Å². The Morgan fingerprint density at radius 1 is 1.08 bits per heavy atom. The molecule has 0 atom stereocenters. The summed E-state index contributed by atoms with van der Waals surface area (Å²) < 4.78 is 13.1. The van der Waals surface area contributed by atoms with Crippen molar-refractivity contribution in [3.8, 4) is 0 Å². The minimum absolute atomic E-state index is 0.137. The van der Waals surface area contributed by atoms with E-state index in [0.29, 0.717) is 0 Å². The molecule has 4 nitrogen and oxygen atoms in total. The Morgan fingerprint density at radius 2 is 1.79 bits per heavy atom. The van der Waals surface area contributed by atoms with Gasteiger partial charge in [-0.15, -0.1) is 0 Å². The van der Waals surface area contributed by atoms with Gasteiger partial charge < -0.3 is 5.32 Å². The number of carbonyl (C=O) groups is 1. The number of anilines is 1. The van der Waals surface area contributed by atoms with E-state index in [4.69, 9.17) is 0 Å². The van der Waals surface area contributed by atoms with Crippen LogP contribution in [0, 0.1) is 5.82 Å². The normalized spacial score (nSPS) is 11.2. The summed E-state index contributed by atoms with van der Waals surface area (Å²) in [5.74, 6) is -0.514. The summed E-state index contributed by atoms with van der Waals surface area (Å²) in [6.45, 7) is 2.22. The Labute approximate surface area is 141 Å². The second-order valence-corrected chi connectivity index (χ2v) is 5.42. The number of unbranched alkanes of at least 4 members (excludes halogenated alkanes) is 1. The predicted octanol–water partition coefficient (Wildman–Crippen LogP) is 3.95. The summed E-state index contributed by atoms with van der Waals surface area (Å²) in [6.07, 6.45) is 2.70. The number of rotatable bonds is 8. The molecular formula is C19H22FN3O. The summed E-state index contributed by atoms with van der Waals surface area (Å²) in [7, 11) is 0. The second kappa shape index (κ2) is 9.45. The molecule has 0 heterocycles. The first-order valence-electron chi connectivity index (χ1n) is 8.09. The number of amides is 1. The molecule has 24 heavy (non-hydrogen) atoms. The summed E-state index contributed by atoms with van der Waals surface area (Å²) in [6, 6.07) is 15.6. The average Bonchev–Trinajstić information content (AvgIpc) is 2.62. The summed E-state index contributed by atoms with van der Waals surface area (Å²) in [5, 5.41) is 7.26. The SMILES string of the molecule is CCCC/C(=N/NC(=O)CNc1ccccc1)c1ccc(F)cc1. The fourth-order valence-corrected chi connectivity index (χ4v) is 2.16. The van der Waals surface area contributed by atoms with Crippen LogP contribution in [0.3, 0.4) is 0 Å². The molecule has 5 heteroatoms.